The molecule has 2 N–H and O–H groups in total. The van der Waals surface area contributed by atoms with Crippen molar-refractivity contribution in [3.05, 3.63) is 5.28 Å². The average Bonchev–Trinajstić information content (AvgIpc) is 2.20. The van der Waals surface area contributed by atoms with E-state index in [9.17, 15) is 0 Å². The predicted molar refractivity (Wildman–Crippen MR) is 61.5 cm³/mol. The molecular weight excluding hydrogens is 230 g/mol. The van der Waals surface area contributed by atoms with Gasteiger partial charge in [-0.25, -0.2) is 0 Å². The molecule has 2 atom stereocenters. The Balaban J connectivity index is 2.27. The number of rotatable bonds is 1. The molecule has 1 aromatic rings. The van der Waals surface area contributed by atoms with Gasteiger partial charge in [-0.3, -0.25) is 0 Å². The van der Waals surface area contributed by atoms with Crippen molar-refractivity contribution in [1.82, 2.24) is 15.0 Å². The van der Waals surface area contributed by atoms with Crippen molar-refractivity contribution in [1.29, 1.82) is 0 Å². The molecule has 1 saturated heterocycles. The van der Waals surface area contributed by atoms with E-state index in [1.807, 2.05) is 18.7 Å². The van der Waals surface area contributed by atoms with Crippen molar-refractivity contribution < 1.29 is 4.74 Å². The van der Waals surface area contributed by atoms with Gasteiger partial charge in [0.2, 0.25) is 17.2 Å². The lowest BCUT2D eigenvalue weighted by molar-refractivity contribution is 0.0337. The molecule has 2 heterocycles. The number of ether oxygens (including phenoxy) is 1. The van der Waals surface area contributed by atoms with Crippen LogP contribution in [0.4, 0.5) is 11.9 Å². The minimum Gasteiger partial charge on any atom is -0.375 e. The quantitative estimate of drug-likeness (QED) is 0.783. The Morgan fingerprint density at radius 3 is 2.81 bits per heavy atom. The first-order valence-corrected chi connectivity index (χ1v) is 5.49. The summed E-state index contributed by atoms with van der Waals surface area (Å²) >= 11 is 5.75. The Labute approximate surface area is 98.8 Å². The maximum Gasteiger partial charge on any atom is 0.231 e. The van der Waals surface area contributed by atoms with E-state index in [4.69, 9.17) is 22.1 Å². The molecule has 0 spiro atoms. The molecule has 0 radical (unpaired) electrons. The zero-order valence-electron chi connectivity index (χ0n) is 9.22. The van der Waals surface area contributed by atoms with Crippen LogP contribution in [0.15, 0.2) is 0 Å². The molecule has 1 aliphatic rings. The van der Waals surface area contributed by atoms with Gasteiger partial charge in [0, 0.05) is 6.54 Å². The molecule has 6 nitrogen and oxygen atoms in total. The van der Waals surface area contributed by atoms with Gasteiger partial charge in [-0.05, 0) is 25.4 Å². The Kier molecular flexibility index (Phi) is 3.11. The topological polar surface area (TPSA) is 77.2 Å². The summed E-state index contributed by atoms with van der Waals surface area (Å²) in [6, 6.07) is 0.203. The molecule has 2 unspecified atom stereocenters. The van der Waals surface area contributed by atoms with Gasteiger partial charge in [0.25, 0.3) is 0 Å². The van der Waals surface area contributed by atoms with E-state index < -0.39 is 0 Å². The standard InChI is InChI=1S/C9H14ClN5O/c1-5-4-16-6(2)3-15(5)9-13-7(10)12-8(11)14-9/h5-6H,3-4H2,1-2H3,(H2,11,12,13,14). The van der Waals surface area contributed by atoms with Gasteiger partial charge in [0.1, 0.15) is 0 Å². The van der Waals surface area contributed by atoms with Crippen LogP contribution >= 0.6 is 11.6 Å². The van der Waals surface area contributed by atoms with Crippen molar-refractivity contribution in [2.45, 2.75) is 26.0 Å². The molecule has 0 aromatic carbocycles. The number of nitrogens with two attached hydrogens (primary N) is 1. The van der Waals surface area contributed by atoms with E-state index in [1.54, 1.807) is 0 Å². The molecule has 88 valence electrons. The second-order valence-electron chi connectivity index (χ2n) is 3.91. The van der Waals surface area contributed by atoms with Crippen LogP contribution < -0.4 is 10.6 Å². The lowest BCUT2D eigenvalue weighted by Gasteiger charge is -2.36. The largest absolute Gasteiger partial charge is 0.375 e. The number of hydrogen-bond acceptors (Lipinski definition) is 6. The normalized spacial score (nSPS) is 25.8. The number of halogens is 1. The summed E-state index contributed by atoms with van der Waals surface area (Å²) in [4.78, 5) is 13.9. The first kappa shape index (κ1) is 11.3. The van der Waals surface area contributed by atoms with Gasteiger partial charge in [0.15, 0.2) is 0 Å². The summed E-state index contributed by atoms with van der Waals surface area (Å²) < 4.78 is 5.53. The Bertz CT molecular complexity index is 368. The molecule has 0 bridgehead atoms. The summed E-state index contributed by atoms with van der Waals surface area (Å²) in [6.07, 6.45) is 0.146. The van der Waals surface area contributed by atoms with E-state index in [0.29, 0.717) is 12.6 Å². The van der Waals surface area contributed by atoms with Gasteiger partial charge in [0.05, 0.1) is 18.8 Å². The van der Waals surface area contributed by atoms with Gasteiger partial charge in [-0.1, -0.05) is 0 Å². The summed E-state index contributed by atoms with van der Waals surface area (Å²) in [5, 5.41) is 0.119. The zero-order valence-corrected chi connectivity index (χ0v) is 9.98. The fourth-order valence-electron chi connectivity index (χ4n) is 1.66. The smallest absolute Gasteiger partial charge is 0.231 e. The summed E-state index contributed by atoms with van der Waals surface area (Å²) in [6.45, 7) is 5.41. The lowest BCUT2D eigenvalue weighted by atomic mass is 10.2. The van der Waals surface area contributed by atoms with Crippen molar-refractivity contribution in [3.63, 3.8) is 0 Å². The van der Waals surface area contributed by atoms with Crippen LogP contribution in [0.2, 0.25) is 5.28 Å². The predicted octanol–water partition coefficient (Wildman–Crippen LogP) is 0.721. The van der Waals surface area contributed by atoms with E-state index >= 15 is 0 Å². The number of morpholine rings is 1. The van der Waals surface area contributed by atoms with Crippen molar-refractivity contribution in [3.8, 4) is 0 Å². The lowest BCUT2D eigenvalue weighted by Crippen LogP contribution is -2.48. The minimum absolute atomic E-state index is 0.119. The Morgan fingerprint density at radius 2 is 2.12 bits per heavy atom. The molecule has 1 aliphatic heterocycles. The molecule has 7 heteroatoms. The fraction of sp³-hybridized carbons (Fsp3) is 0.667. The van der Waals surface area contributed by atoms with Crippen LogP contribution in [0, 0.1) is 0 Å². The fourth-order valence-corrected chi connectivity index (χ4v) is 1.83. The molecule has 0 amide bonds. The van der Waals surface area contributed by atoms with Crippen molar-refractivity contribution >= 4 is 23.5 Å². The molecule has 1 aromatic heterocycles. The van der Waals surface area contributed by atoms with Crippen LogP contribution in [0.3, 0.4) is 0 Å². The summed E-state index contributed by atoms with van der Waals surface area (Å²) in [7, 11) is 0. The SMILES string of the molecule is CC1CN(c2nc(N)nc(Cl)n2)C(C)CO1. The molecule has 0 saturated carbocycles. The van der Waals surface area contributed by atoms with Gasteiger partial charge in [-0.15, -0.1) is 0 Å². The highest BCUT2D eigenvalue weighted by Crippen LogP contribution is 2.19. The first-order valence-electron chi connectivity index (χ1n) is 5.11. The van der Waals surface area contributed by atoms with Crippen LogP contribution in [0.25, 0.3) is 0 Å². The monoisotopic (exact) mass is 243 g/mol. The third-order valence-corrected chi connectivity index (χ3v) is 2.65. The highest BCUT2D eigenvalue weighted by Gasteiger charge is 2.26. The van der Waals surface area contributed by atoms with Gasteiger partial charge >= 0.3 is 0 Å². The molecule has 16 heavy (non-hydrogen) atoms. The number of aromatic nitrogens is 3. The molecule has 2 rings (SSSR count). The van der Waals surface area contributed by atoms with Crippen LogP contribution in [0.5, 0.6) is 0 Å². The van der Waals surface area contributed by atoms with E-state index in [0.717, 1.165) is 6.54 Å². The Morgan fingerprint density at radius 1 is 1.38 bits per heavy atom. The van der Waals surface area contributed by atoms with E-state index in [2.05, 4.69) is 15.0 Å². The van der Waals surface area contributed by atoms with Gasteiger partial charge < -0.3 is 15.4 Å². The van der Waals surface area contributed by atoms with Crippen LogP contribution in [-0.4, -0.2) is 40.2 Å². The third kappa shape index (κ3) is 2.33. The summed E-state index contributed by atoms with van der Waals surface area (Å²) in [5.41, 5.74) is 5.54. The Hall–Kier alpha value is -1.14. The molecule has 0 aliphatic carbocycles. The molecular formula is C9H14ClN5O. The van der Waals surface area contributed by atoms with Crippen molar-refractivity contribution in [2.75, 3.05) is 23.8 Å². The average molecular weight is 244 g/mol. The van der Waals surface area contributed by atoms with E-state index in [-0.39, 0.29) is 23.4 Å². The van der Waals surface area contributed by atoms with E-state index in [1.165, 1.54) is 0 Å². The number of hydrogen-bond donors (Lipinski definition) is 1. The highest BCUT2D eigenvalue weighted by atomic mass is 35.5. The van der Waals surface area contributed by atoms with Crippen LogP contribution in [0.1, 0.15) is 13.8 Å². The summed E-state index contributed by atoms with van der Waals surface area (Å²) in [5.74, 6) is 0.654. The number of nitrogen functional groups attached to an aromatic ring is 1. The third-order valence-electron chi connectivity index (χ3n) is 2.48. The van der Waals surface area contributed by atoms with Gasteiger partial charge in [-0.2, -0.15) is 15.0 Å². The maximum atomic E-state index is 5.75. The van der Waals surface area contributed by atoms with Crippen LogP contribution in [-0.2, 0) is 4.74 Å². The highest BCUT2D eigenvalue weighted by molar-refractivity contribution is 6.28. The second-order valence-corrected chi connectivity index (χ2v) is 4.25. The molecule has 1 fully saturated rings. The minimum atomic E-state index is 0.119. The van der Waals surface area contributed by atoms with Crippen molar-refractivity contribution in [2.24, 2.45) is 0 Å². The second kappa shape index (κ2) is 4.39. The zero-order chi connectivity index (χ0) is 11.7. The first-order chi connectivity index (χ1) is 7.56. The maximum absolute atomic E-state index is 5.75. The number of nitrogens with zero attached hydrogens (tertiary/aromatic N) is 4. The number of anilines is 2.